The predicted molar refractivity (Wildman–Crippen MR) is 123 cm³/mol. The highest BCUT2D eigenvalue weighted by Gasteiger charge is 2.24. The van der Waals surface area contributed by atoms with Crippen molar-refractivity contribution in [3.63, 3.8) is 0 Å². The molecule has 0 spiro atoms. The molecule has 2 aromatic carbocycles. The molecule has 0 aliphatic carbocycles. The summed E-state index contributed by atoms with van der Waals surface area (Å²) in [5.41, 5.74) is 3.73. The van der Waals surface area contributed by atoms with Crippen LogP contribution in [0.5, 0.6) is 0 Å². The molecular formula is C26H35NO2. The molecule has 0 saturated carbocycles. The number of aromatic nitrogens is 1. The molecule has 0 radical (unpaired) electrons. The smallest absolute Gasteiger partial charge is 0.419 e. The Morgan fingerprint density at radius 1 is 0.862 bits per heavy atom. The van der Waals surface area contributed by atoms with Crippen molar-refractivity contribution in [3.8, 4) is 0 Å². The predicted octanol–water partition coefficient (Wildman–Crippen LogP) is 7.63. The van der Waals surface area contributed by atoms with Crippen molar-refractivity contribution in [2.45, 2.75) is 79.2 Å². The van der Waals surface area contributed by atoms with Crippen LogP contribution in [0.2, 0.25) is 0 Å². The molecule has 0 aliphatic rings. The lowest BCUT2D eigenvalue weighted by atomic mass is 9.86. The number of carbonyl (C=O) groups is 1. The molecule has 3 nitrogen and oxygen atoms in total. The summed E-state index contributed by atoms with van der Waals surface area (Å²) in [6.45, 7) is 19.0. The van der Waals surface area contributed by atoms with Gasteiger partial charge in [-0.1, -0.05) is 65.8 Å². The van der Waals surface area contributed by atoms with E-state index >= 15 is 0 Å². The standard InChI is InChI=1S/C26H35NO2/c1-16(2)17(3)18-10-12-20-21-13-11-19(25(4,5)6)15-23(21)27(22(20)14-18)24(28)29-26(7,8)9/h10-17H,1-9H3. The monoisotopic (exact) mass is 393 g/mol. The number of carbonyl (C=O) groups excluding carboxylic acids is 1. The van der Waals surface area contributed by atoms with E-state index in [9.17, 15) is 4.79 Å². The van der Waals surface area contributed by atoms with Gasteiger partial charge >= 0.3 is 6.09 Å². The van der Waals surface area contributed by atoms with Crippen LogP contribution in [0.15, 0.2) is 36.4 Å². The van der Waals surface area contributed by atoms with E-state index in [-0.39, 0.29) is 11.5 Å². The number of nitrogens with zero attached hydrogens (tertiary/aromatic N) is 1. The van der Waals surface area contributed by atoms with Crippen LogP contribution in [0, 0.1) is 5.92 Å². The summed E-state index contributed by atoms with van der Waals surface area (Å²) in [5.74, 6) is 0.939. The molecule has 0 fully saturated rings. The van der Waals surface area contributed by atoms with E-state index in [0.717, 1.165) is 21.8 Å². The normalized spacial score (nSPS) is 14.0. The molecule has 3 rings (SSSR count). The zero-order chi connectivity index (χ0) is 21.7. The van der Waals surface area contributed by atoms with Crippen LogP contribution >= 0.6 is 0 Å². The lowest BCUT2D eigenvalue weighted by Crippen LogP contribution is -2.27. The molecule has 156 valence electrons. The van der Waals surface area contributed by atoms with Crippen LogP contribution in [0.3, 0.4) is 0 Å². The molecule has 1 aromatic heterocycles. The maximum atomic E-state index is 13.3. The Labute approximate surface area is 175 Å². The molecule has 29 heavy (non-hydrogen) atoms. The van der Waals surface area contributed by atoms with Gasteiger partial charge in [0, 0.05) is 10.8 Å². The highest BCUT2D eigenvalue weighted by atomic mass is 16.6. The molecule has 3 aromatic rings. The van der Waals surface area contributed by atoms with E-state index in [1.165, 1.54) is 11.1 Å². The zero-order valence-corrected chi connectivity index (χ0v) is 19.4. The average molecular weight is 394 g/mol. The second-order valence-corrected chi connectivity index (χ2v) is 10.6. The Bertz CT molecular complexity index is 1060. The summed E-state index contributed by atoms with van der Waals surface area (Å²) in [6.07, 6.45) is -0.321. The van der Waals surface area contributed by atoms with E-state index in [2.05, 4.69) is 77.9 Å². The topological polar surface area (TPSA) is 31.2 Å². The van der Waals surface area contributed by atoms with Gasteiger partial charge in [-0.25, -0.2) is 9.36 Å². The van der Waals surface area contributed by atoms with Crippen molar-refractivity contribution in [2.24, 2.45) is 5.92 Å². The van der Waals surface area contributed by atoms with E-state index in [0.29, 0.717) is 11.8 Å². The minimum absolute atomic E-state index is 0.000718. The van der Waals surface area contributed by atoms with Gasteiger partial charge in [-0.15, -0.1) is 0 Å². The maximum Gasteiger partial charge on any atom is 0.419 e. The van der Waals surface area contributed by atoms with Crippen LogP contribution in [-0.2, 0) is 10.2 Å². The SMILES string of the molecule is CC(C)C(C)c1ccc2c3ccc(C(C)(C)C)cc3n(C(=O)OC(C)(C)C)c2c1. The molecule has 0 amide bonds. The fourth-order valence-electron chi connectivity index (χ4n) is 3.67. The molecule has 1 atom stereocenters. The number of rotatable bonds is 2. The van der Waals surface area contributed by atoms with Gasteiger partial charge < -0.3 is 4.74 Å². The molecule has 0 aliphatic heterocycles. The molecule has 3 heteroatoms. The number of hydrogen-bond donors (Lipinski definition) is 0. The molecule has 1 heterocycles. The summed E-state index contributed by atoms with van der Waals surface area (Å²) in [6, 6.07) is 13.0. The number of hydrogen-bond acceptors (Lipinski definition) is 2. The molecule has 0 N–H and O–H groups in total. The van der Waals surface area contributed by atoms with Crippen molar-refractivity contribution >= 4 is 27.9 Å². The minimum atomic E-state index is -0.551. The van der Waals surface area contributed by atoms with Gasteiger partial charge in [0.2, 0.25) is 0 Å². The summed E-state index contributed by atoms with van der Waals surface area (Å²) in [7, 11) is 0. The lowest BCUT2D eigenvalue weighted by Gasteiger charge is -2.22. The van der Waals surface area contributed by atoms with Gasteiger partial charge in [0.1, 0.15) is 5.60 Å². The van der Waals surface area contributed by atoms with Crippen molar-refractivity contribution in [1.29, 1.82) is 0 Å². The minimum Gasteiger partial charge on any atom is -0.443 e. The Balaban J connectivity index is 2.34. The fraction of sp³-hybridized carbons (Fsp3) is 0.500. The Kier molecular flexibility index (Phi) is 5.31. The van der Waals surface area contributed by atoms with Crippen molar-refractivity contribution in [1.82, 2.24) is 4.57 Å². The van der Waals surface area contributed by atoms with Gasteiger partial charge in [0.25, 0.3) is 0 Å². The van der Waals surface area contributed by atoms with Crippen LogP contribution in [0.4, 0.5) is 4.79 Å². The van der Waals surface area contributed by atoms with Crippen molar-refractivity contribution in [2.75, 3.05) is 0 Å². The first-order chi connectivity index (χ1) is 13.3. The summed E-state index contributed by atoms with van der Waals surface area (Å²) in [5, 5.41) is 2.17. The second-order valence-electron chi connectivity index (χ2n) is 10.6. The maximum absolute atomic E-state index is 13.3. The first-order valence-corrected chi connectivity index (χ1v) is 10.6. The van der Waals surface area contributed by atoms with Crippen molar-refractivity contribution < 1.29 is 9.53 Å². The van der Waals surface area contributed by atoms with Gasteiger partial charge in [0.05, 0.1) is 11.0 Å². The highest BCUT2D eigenvalue weighted by Crippen LogP contribution is 2.36. The third-order valence-electron chi connectivity index (χ3n) is 5.76. The molecule has 0 bridgehead atoms. The quantitative estimate of drug-likeness (QED) is 0.448. The van der Waals surface area contributed by atoms with Crippen LogP contribution in [-0.4, -0.2) is 16.3 Å². The number of fused-ring (bicyclic) bond motifs is 3. The van der Waals surface area contributed by atoms with Gasteiger partial charge in [-0.2, -0.15) is 0 Å². The van der Waals surface area contributed by atoms with Crippen molar-refractivity contribution in [3.05, 3.63) is 47.5 Å². The Morgan fingerprint density at radius 2 is 1.41 bits per heavy atom. The Morgan fingerprint density at radius 3 is 1.93 bits per heavy atom. The molecular weight excluding hydrogens is 358 g/mol. The van der Waals surface area contributed by atoms with Crippen LogP contribution in [0.25, 0.3) is 21.8 Å². The summed E-state index contributed by atoms with van der Waals surface area (Å²) in [4.78, 5) is 13.3. The van der Waals surface area contributed by atoms with Gasteiger partial charge in [0.15, 0.2) is 0 Å². The lowest BCUT2D eigenvalue weighted by molar-refractivity contribution is 0.0551. The van der Waals surface area contributed by atoms with Gasteiger partial charge in [-0.05, 0) is 61.3 Å². The molecule has 0 saturated heterocycles. The van der Waals surface area contributed by atoms with Gasteiger partial charge in [-0.3, -0.25) is 0 Å². The average Bonchev–Trinajstić information content (AvgIpc) is 2.91. The third-order valence-corrected chi connectivity index (χ3v) is 5.76. The third kappa shape index (κ3) is 4.19. The second kappa shape index (κ2) is 7.19. The summed E-state index contributed by atoms with van der Waals surface area (Å²) < 4.78 is 7.56. The first-order valence-electron chi connectivity index (χ1n) is 10.6. The van der Waals surface area contributed by atoms with Crippen LogP contribution < -0.4 is 0 Å². The van der Waals surface area contributed by atoms with E-state index < -0.39 is 5.60 Å². The molecule has 1 unspecified atom stereocenters. The summed E-state index contributed by atoms with van der Waals surface area (Å²) >= 11 is 0. The van der Waals surface area contributed by atoms with E-state index in [1.54, 1.807) is 4.57 Å². The number of benzene rings is 2. The van der Waals surface area contributed by atoms with E-state index in [1.807, 2.05) is 20.8 Å². The van der Waals surface area contributed by atoms with Crippen LogP contribution in [0.1, 0.15) is 79.4 Å². The zero-order valence-electron chi connectivity index (χ0n) is 19.4. The first kappa shape index (κ1) is 21.4. The Hall–Kier alpha value is -2.29. The fourth-order valence-corrected chi connectivity index (χ4v) is 3.67. The largest absolute Gasteiger partial charge is 0.443 e. The van der Waals surface area contributed by atoms with E-state index in [4.69, 9.17) is 4.74 Å². The number of ether oxygens (including phenoxy) is 1. The highest BCUT2D eigenvalue weighted by molar-refractivity contribution is 6.12.